The molecule has 0 bridgehead atoms. The minimum absolute atomic E-state index is 0.130. The van der Waals surface area contributed by atoms with Gasteiger partial charge in [0.2, 0.25) is 0 Å². The molecule has 0 saturated carbocycles. The number of amides is 1. The Labute approximate surface area is 126 Å². The number of para-hydroxylation sites is 1. The standard InChI is InChI=1S/C18H12N2O2/c21-17-8-7-15-11(5-3-9-19-15)13(17)10-14-12-4-1-2-6-16(12)20-18(14)22/h1-10,21H,(H,20,22)/b14-10+. The highest BCUT2D eigenvalue weighted by atomic mass is 16.3. The molecule has 0 atom stereocenters. The molecule has 0 radical (unpaired) electrons. The predicted octanol–water partition coefficient (Wildman–Crippen LogP) is 3.43. The molecule has 0 unspecified atom stereocenters. The average Bonchev–Trinajstić information content (AvgIpc) is 2.86. The van der Waals surface area contributed by atoms with Gasteiger partial charge in [-0.1, -0.05) is 24.3 Å². The number of phenolic OH excluding ortho intramolecular Hbond substituents is 1. The molecule has 2 aromatic carbocycles. The summed E-state index contributed by atoms with van der Waals surface area (Å²) in [4.78, 5) is 16.5. The molecule has 0 saturated heterocycles. The Balaban J connectivity index is 1.98. The molecule has 4 heteroatoms. The number of carbonyl (C=O) groups excluding carboxylic acids is 1. The van der Waals surface area contributed by atoms with Gasteiger partial charge < -0.3 is 10.4 Å². The highest BCUT2D eigenvalue weighted by molar-refractivity contribution is 6.35. The van der Waals surface area contributed by atoms with Crippen molar-refractivity contribution in [3.63, 3.8) is 0 Å². The lowest BCUT2D eigenvalue weighted by molar-refractivity contribution is -0.110. The summed E-state index contributed by atoms with van der Waals surface area (Å²) in [5.74, 6) is -0.0355. The van der Waals surface area contributed by atoms with E-state index in [-0.39, 0.29) is 11.7 Å². The third-order valence-corrected chi connectivity index (χ3v) is 3.80. The summed E-state index contributed by atoms with van der Waals surface area (Å²) in [6, 6.07) is 14.6. The number of carbonyl (C=O) groups is 1. The van der Waals surface area contributed by atoms with E-state index in [0.717, 1.165) is 22.2 Å². The van der Waals surface area contributed by atoms with Gasteiger partial charge in [-0.25, -0.2) is 0 Å². The second-order valence-electron chi connectivity index (χ2n) is 5.13. The number of fused-ring (bicyclic) bond motifs is 2. The Morgan fingerprint density at radius 3 is 2.82 bits per heavy atom. The summed E-state index contributed by atoms with van der Waals surface area (Å²) in [6.45, 7) is 0. The second kappa shape index (κ2) is 4.70. The van der Waals surface area contributed by atoms with E-state index in [1.54, 1.807) is 24.4 Å². The Kier molecular flexibility index (Phi) is 2.69. The molecule has 1 aromatic heterocycles. The van der Waals surface area contributed by atoms with Crippen LogP contribution in [0.15, 0.2) is 54.7 Å². The number of aromatic hydroxyl groups is 1. The number of aromatic nitrogens is 1. The highest BCUT2D eigenvalue weighted by Gasteiger charge is 2.24. The van der Waals surface area contributed by atoms with Gasteiger partial charge in [0, 0.05) is 34.0 Å². The topological polar surface area (TPSA) is 62.2 Å². The van der Waals surface area contributed by atoms with Gasteiger partial charge in [0.25, 0.3) is 5.91 Å². The molecule has 106 valence electrons. The highest BCUT2D eigenvalue weighted by Crippen LogP contribution is 2.36. The molecular formula is C18H12N2O2. The zero-order valence-electron chi connectivity index (χ0n) is 11.6. The summed E-state index contributed by atoms with van der Waals surface area (Å²) in [6.07, 6.45) is 3.42. The monoisotopic (exact) mass is 288 g/mol. The van der Waals surface area contributed by atoms with Crippen molar-refractivity contribution in [3.05, 3.63) is 65.9 Å². The number of nitrogens with zero attached hydrogens (tertiary/aromatic N) is 1. The van der Waals surface area contributed by atoms with Crippen LogP contribution in [0.5, 0.6) is 5.75 Å². The molecule has 1 aliphatic rings. The lowest BCUT2D eigenvalue weighted by Gasteiger charge is -2.05. The van der Waals surface area contributed by atoms with Crippen LogP contribution in [-0.2, 0) is 4.79 Å². The Bertz CT molecular complexity index is 945. The SMILES string of the molecule is O=C1Nc2ccccc2/C1=C\c1c(O)ccc2ncccc12. The van der Waals surface area contributed by atoms with Crippen LogP contribution in [0, 0.1) is 0 Å². The number of hydrogen-bond acceptors (Lipinski definition) is 3. The number of hydrogen-bond donors (Lipinski definition) is 2. The van der Waals surface area contributed by atoms with Crippen molar-refractivity contribution in [2.24, 2.45) is 0 Å². The quantitative estimate of drug-likeness (QED) is 0.674. The third-order valence-electron chi connectivity index (χ3n) is 3.80. The van der Waals surface area contributed by atoms with E-state index in [2.05, 4.69) is 10.3 Å². The van der Waals surface area contributed by atoms with Crippen LogP contribution >= 0.6 is 0 Å². The fourth-order valence-electron chi connectivity index (χ4n) is 2.74. The summed E-state index contributed by atoms with van der Waals surface area (Å²) in [5.41, 5.74) is 3.55. The molecule has 4 nitrogen and oxygen atoms in total. The summed E-state index contributed by atoms with van der Waals surface area (Å²) < 4.78 is 0. The molecular weight excluding hydrogens is 276 g/mol. The fourth-order valence-corrected chi connectivity index (χ4v) is 2.74. The smallest absolute Gasteiger partial charge is 0.256 e. The van der Waals surface area contributed by atoms with Crippen molar-refractivity contribution in [1.29, 1.82) is 0 Å². The van der Waals surface area contributed by atoms with E-state index >= 15 is 0 Å². The maximum absolute atomic E-state index is 12.2. The van der Waals surface area contributed by atoms with E-state index in [1.165, 1.54) is 0 Å². The van der Waals surface area contributed by atoms with Crippen LogP contribution in [0.2, 0.25) is 0 Å². The summed E-state index contributed by atoms with van der Waals surface area (Å²) >= 11 is 0. The van der Waals surface area contributed by atoms with Gasteiger partial charge in [0.05, 0.1) is 5.52 Å². The third kappa shape index (κ3) is 1.85. The van der Waals surface area contributed by atoms with E-state index in [0.29, 0.717) is 11.1 Å². The van der Waals surface area contributed by atoms with Crippen LogP contribution < -0.4 is 5.32 Å². The fraction of sp³-hybridized carbons (Fsp3) is 0. The summed E-state index contributed by atoms with van der Waals surface area (Å²) in [5, 5.41) is 13.8. The van der Waals surface area contributed by atoms with E-state index in [1.807, 2.05) is 36.4 Å². The number of nitrogens with one attached hydrogen (secondary N) is 1. The van der Waals surface area contributed by atoms with Gasteiger partial charge in [0.1, 0.15) is 5.75 Å². The Morgan fingerprint density at radius 2 is 1.91 bits per heavy atom. The number of anilines is 1. The van der Waals surface area contributed by atoms with Gasteiger partial charge in [-0.15, -0.1) is 0 Å². The number of phenols is 1. The molecule has 0 aliphatic carbocycles. The van der Waals surface area contributed by atoms with Crippen molar-refractivity contribution >= 4 is 34.1 Å². The van der Waals surface area contributed by atoms with Gasteiger partial charge in [-0.3, -0.25) is 9.78 Å². The van der Waals surface area contributed by atoms with Crippen LogP contribution in [0.25, 0.3) is 22.6 Å². The first-order valence-corrected chi connectivity index (χ1v) is 6.93. The van der Waals surface area contributed by atoms with E-state index < -0.39 is 0 Å². The molecule has 22 heavy (non-hydrogen) atoms. The van der Waals surface area contributed by atoms with Crippen molar-refractivity contribution in [2.75, 3.05) is 5.32 Å². The predicted molar refractivity (Wildman–Crippen MR) is 86.4 cm³/mol. The van der Waals surface area contributed by atoms with Crippen LogP contribution in [0.3, 0.4) is 0 Å². The van der Waals surface area contributed by atoms with Crippen molar-refractivity contribution < 1.29 is 9.90 Å². The van der Waals surface area contributed by atoms with Gasteiger partial charge >= 0.3 is 0 Å². The van der Waals surface area contributed by atoms with Crippen LogP contribution in [0.4, 0.5) is 5.69 Å². The molecule has 0 fully saturated rings. The number of rotatable bonds is 1. The number of benzene rings is 2. The van der Waals surface area contributed by atoms with E-state index in [4.69, 9.17) is 0 Å². The largest absolute Gasteiger partial charge is 0.507 e. The molecule has 2 heterocycles. The molecule has 1 amide bonds. The molecule has 2 N–H and O–H groups in total. The molecule has 4 rings (SSSR count). The molecule has 0 spiro atoms. The van der Waals surface area contributed by atoms with Crippen molar-refractivity contribution in [3.8, 4) is 5.75 Å². The van der Waals surface area contributed by atoms with Crippen LogP contribution in [-0.4, -0.2) is 16.0 Å². The minimum atomic E-state index is -0.165. The Morgan fingerprint density at radius 1 is 1.05 bits per heavy atom. The zero-order valence-corrected chi connectivity index (χ0v) is 11.6. The second-order valence-corrected chi connectivity index (χ2v) is 5.13. The normalized spacial score (nSPS) is 15.1. The maximum atomic E-state index is 12.2. The first kappa shape index (κ1) is 12.6. The molecule has 3 aromatic rings. The van der Waals surface area contributed by atoms with Crippen molar-refractivity contribution in [1.82, 2.24) is 4.98 Å². The van der Waals surface area contributed by atoms with Crippen LogP contribution in [0.1, 0.15) is 11.1 Å². The van der Waals surface area contributed by atoms with Gasteiger partial charge in [0.15, 0.2) is 0 Å². The van der Waals surface area contributed by atoms with Gasteiger partial charge in [-0.05, 0) is 30.3 Å². The number of pyridine rings is 1. The van der Waals surface area contributed by atoms with Crippen molar-refractivity contribution in [2.45, 2.75) is 0 Å². The van der Waals surface area contributed by atoms with E-state index in [9.17, 15) is 9.90 Å². The lowest BCUT2D eigenvalue weighted by atomic mass is 10.0. The minimum Gasteiger partial charge on any atom is -0.507 e. The first-order chi connectivity index (χ1) is 10.7. The Hall–Kier alpha value is -3.14. The maximum Gasteiger partial charge on any atom is 0.256 e. The average molecular weight is 288 g/mol. The first-order valence-electron chi connectivity index (χ1n) is 6.93. The summed E-state index contributed by atoms with van der Waals surface area (Å²) in [7, 11) is 0. The van der Waals surface area contributed by atoms with Gasteiger partial charge in [-0.2, -0.15) is 0 Å². The molecule has 1 aliphatic heterocycles. The lowest BCUT2D eigenvalue weighted by Crippen LogP contribution is -2.03. The zero-order chi connectivity index (χ0) is 15.1.